The number of thiazole rings is 1. The molecule has 1 aliphatic carbocycles. The lowest BCUT2D eigenvalue weighted by Gasteiger charge is -2.44. The molecule has 2 aromatic carbocycles. The molecule has 0 atom stereocenters. The highest BCUT2D eigenvalue weighted by Gasteiger charge is 2.45. The number of ether oxygens (including phenoxy) is 1. The van der Waals surface area contributed by atoms with E-state index in [9.17, 15) is 14.7 Å². The van der Waals surface area contributed by atoms with Crippen LogP contribution >= 0.6 is 11.3 Å². The van der Waals surface area contributed by atoms with Crippen LogP contribution in [-0.4, -0.2) is 67.2 Å². The number of nitrogens with zero attached hydrogens (tertiary/aromatic N) is 3. The first-order valence-corrected chi connectivity index (χ1v) is 12.6. The molecule has 0 saturated carbocycles. The van der Waals surface area contributed by atoms with E-state index in [2.05, 4.69) is 35.3 Å². The Morgan fingerprint density at radius 2 is 1.91 bits per heavy atom. The molecule has 2 heterocycles. The summed E-state index contributed by atoms with van der Waals surface area (Å²) in [6.07, 6.45) is 0.675. The number of carbonyl (C=O) groups excluding carboxylic acids is 1. The average molecular weight is 495 g/mol. The van der Waals surface area contributed by atoms with E-state index in [1.54, 1.807) is 7.11 Å². The minimum absolute atomic E-state index is 0.197. The van der Waals surface area contributed by atoms with Crippen molar-refractivity contribution in [2.45, 2.75) is 31.8 Å². The lowest BCUT2D eigenvalue weighted by molar-refractivity contribution is -0.145. The van der Waals surface area contributed by atoms with Crippen molar-refractivity contribution in [3.8, 4) is 5.75 Å². The van der Waals surface area contributed by atoms with Crippen LogP contribution in [-0.2, 0) is 29.0 Å². The Kier molecular flexibility index (Phi) is 6.14. The summed E-state index contributed by atoms with van der Waals surface area (Å²) in [5.41, 5.74) is 3.03. The minimum atomic E-state index is -0.969. The summed E-state index contributed by atoms with van der Waals surface area (Å²) in [4.78, 5) is 34.2. The lowest BCUT2D eigenvalue weighted by atomic mass is 9.80. The van der Waals surface area contributed by atoms with Gasteiger partial charge in [0, 0.05) is 25.2 Å². The Labute approximate surface area is 208 Å². The molecule has 0 spiro atoms. The molecule has 8 nitrogen and oxygen atoms in total. The Bertz CT molecular complexity index is 1260. The smallest absolute Gasteiger partial charge is 0.304 e. The van der Waals surface area contributed by atoms with Crippen LogP contribution < -0.4 is 15.0 Å². The van der Waals surface area contributed by atoms with Crippen LogP contribution in [0.1, 0.15) is 22.6 Å². The van der Waals surface area contributed by atoms with E-state index >= 15 is 0 Å². The summed E-state index contributed by atoms with van der Waals surface area (Å²) < 4.78 is 6.65. The quantitative estimate of drug-likeness (QED) is 0.497. The van der Waals surface area contributed by atoms with Gasteiger partial charge in [-0.3, -0.25) is 9.59 Å². The second-order valence-corrected chi connectivity index (χ2v) is 10.9. The van der Waals surface area contributed by atoms with Gasteiger partial charge in [0.15, 0.2) is 0 Å². The highest BCUT2D eigenvalue weighted by Crippen LogP contribution is 2.41. The van der Waals surface area contributed by atoms with Crippen molar-refractivity contribution in [3.05, 3.63) is 52.5 Å². The van der Waals surface area contributed by atoms with E-state index in [-0.39, 0.29) is 18.9 Å². The van der Waals surface area contributed by atoms with Crippen LogP contribution in [0.2, 0.25) is 0 Å². The number of hydrogen-bond acceptors (Lipinski definition) is 7. The molecule has 1 aliphatic heterocycles. The van der Waals surface area contributed by atoms with Crippen LogP contribution in [0.25, 0.3) is 10.2 Å². The third-order valence-electron chi connectivity index (χ3n) is 7.21. The third kappa shape index (κ3) is 4.46. The first kappa shape index (κ1) is 23.6. The highest BCUT2D eigenvalue weighted by atomic mass is 32.1. The van der Waals surface area contributed by atoms with Gasteiger partial charge in [-0.25, -0.2) is 4.98 Å². The molecular weight excluding hydrogens is 464 g/mol. The summed E-state index contributed by atoms with van der Waals surface area (Å²) in [7, 11) is 5.86. The van der Waals surface area contributed by atoms with Crippen LogP contribution in [0.15, 0.2) is 36.4 Å². The van der Waals surface area contributed by atoms with Gasteiger partial charge in [-0.05, 0) is 44.1 Å². The van der Waals surface area contributed by atoms with Crippen molar-refractivity contribution in [1.82, 2.24) is 15.2 Å². The molecular formula is C26H30N4O4S. The van der Waals surface area contributed by atoms with Crippen molar-refractivity contribution < 1.29 is 19.4 Å². The van der Waals surface area contributed by atoms with Gasteiger partial charge in [0.05, 0.1) is 41.4 Å². The number of aliphatic carboxylic acids is 1. The number of carboxylic acids is 1. The SMILES string of the molecule is COc1cc2sc(CNC(=O)C3(CC(=O)O)Cc4ccccc4C3)nc2cc1N1CC(N(C)C)C1. The van der Waals surface area contributed by atoms with Gasteiger partial charge in [-0.2, -0.15) is 0 Å². The number of rotatable bonds is 8. The number of amides is 1. The number of hydrogen-bond donors (Lipinski definition) is 2. The number of anilines is 1. The molecule has 0 unspecified atom stereocenters. The van der Waals surface area contributed by atoms with Gasteiger partial charge in [0.1, 0.15) is 10.8 Å². The third-order valence-corrected chi connectivity index (χ3v) is 8.23. The lowest BCUT2D eigenvalue weighted by Crippen LogP contribution is -2.57. The molecule has 184 valence electrons. The summed E-state index contributed by atoms with van der Waals surface area (Å²) in [5, 5.41) is 13.3. The summed E-state index contributed by atoms with van der Waals surface area (Å²) in [6, 6.07) is 12.4. The fraction of sp³-hybridized carbons (Fsp3) is 0.423. The molecule has 1 aromatic heterocycles. The monoisotopic (exact) mass is 494 g/mol. The largest absolute Gasteiger partial charge is 0.495 e. The van der Waals surface area contributed by atoms with Gasteiger partial charge in [-0.1, -0.05) is 24.3 Å². The molecule has 9 heteroatoms. The Morgan fingerprint density at radius 3 is 2.51 bits per heavy atom. The van der Waals surface area contributed by atoms with Crippen molar-refractivity contribution >= 4 is 39.1 Å². The Morgan fingerprint density at radius 1 is 1.23 bits per heavy atom. The second kappa shape index (κ2) is 9.13. The van der Waals surface area contributed by atoms with E-state index in [0.717, 1.165) is 50.9 Å². The average Bonchev–Trinajstić information content (AvgIpc) is 3.35. The van der Waals surface area contributed by atoms with E-state index in [1.165, 1.54) is 11.3 Å². The van der Waals surface area contributed by atoms with E-state index in [1.807, 2.05) is 30.3 Å². The molecule has 2 aliphatic rings. The maximum Gasteiger partial charge on any atom is 0.304 e. The molecule has 3 aromatic rings. The van der Waals surface area contributed by atoms with Gasteiger partial charge in [0.2, 0.25) is 5.91 Å². The van der Waals surface area contributed by atoms with Crippen molar-refractivity contribution in [2.75, 3.05) is 39.2 Å². The molecule has 1 fully saturated rings. The summed E-state index contributed by atoms with van der Waals surface area (Å²) in [6.45, 7) is 2.14. The van der Waals surface area contributed by atoms with Crippen molar-refractivity contribution in [2.24, 2.45) is 5.41 Å². The fourth-order valence-electron chi connectivity index (χ4n) is 5.15. The Hall–Kier alpha value is -3.17. The number of aromatic nitrogens is 1. The predicted molar refractivity (Wildman–Crippen MR) is 136 cm³/mol. The Balaban J connectivity index is 1.32. The predicted octanol–water partition coefficient (Wildman–Crippen LogP) is 2.93. The first-order valence-electron chi connectivity index (χ1n) is 11.7. The van der Waals surface area contributed by atoms with Crippen molar-refractivity contribution in [3.63, 3.8) is 0 Å². The zero-order valence-electron chi connectivity index (χ0n) is 20.2. The molecule has 0 radical (unpaired) electrons. The van der Waals surface area contributed by atoms with Gasteiger partial charge < -0.3 is 25.0 Å². The van der Waals surface area contributed by atoms with Crippen LogP contribution in [0.4, 0.5) is 5.69 Å². The fourth-order valence-corrected chi connectivity index (χ4v) is 6.07. The van der Waals surface area contributed by atoms with E-state index in [4.69, 9.17) is 9.72 Å². The molecule has 1 amide bonds. The number of likely N-dealkylation sites (N-methyl/N-ethyl adjacent to an activating group) is 1. The molecule has 0 bridgehead atoms. The number of nitrogens with one attached hydrogen (secondary N) is 1. The number of carbonyl (C=O) groups is 2. The summed E-state index contributed by atoms with van der Waals surface area (Å²) >= 11 is 1.51. The van der Waals surface area contributed by atoms with Gasteiger partial charge in [0.25, 0.3) is 0 Å². The highest BCUT2D eigenvalue weighted by molar-refractivity contribution is 7.18. The van der Waals surface area contributed by atoms with Crippen LogP contribution in [0.3, 0.4) is 0 Å². The van der Waals surface area contributed by atoms with Gasteiger partial charge in [-0.15, -0.1) is 11.3 Å². The molecule has 1 saturated heterocycles. The number of benzene rings is 2. The number of methoxy groups -OCH3 is 1. The minimum Gasteiger partial charge on any atom is -0.495 e. The van der Waals surface area contributed by atoms with E-state index in [0.29, 0.717) is 18.9 Å². The van der Waals surface area contributed by atoms with Crippen LogP contribution in [0.5, 0.6) is 5.75 Å². The molecule has 5 rings (SSSR count). The number of fused-ring (bicyclic) bond motifs is 2. The van der Waals surface area contributed by atoms with E-state index < -0.39 is 11.4 Å². The topological polar surface area (TPSA) is 95.0 Å². The van der Waals surface area contributed by atoms with Crippen molar-refractivity contribution in [1.29, 1.82) is 0 Å². The number of carboxylic acid groups (broad SMARTS) is 1. The van der Waals surface area contributed by atoms with Crippen LogP contribution in [0, 0.1) is 5.41 Å². The summed E-state index contributed by atoms with van der Waals surface area (Å²) in [5.74, 6) is -0.378. The molecule has 35 heavy (non-hydrogen) atoms. The first-order chi connectivity index (χ1) is 16.8. The maximum absolute atomic E-state index is 13.3. The molecule has 2 N–H and O–H groups in total. The standard InChI is InChI=1S/C26H30N4O4S/c1-29(2)18-14-30(15-18)20-8-19-22(9-21(20)34-3)35-23(28-19)13-27-25(33)26(12-24(31)32)10-16-6-4-5-7-17(16)11-26/h4-9,18H,10-15H2,1-3H3,(H,27,33)(H,31,32). The normalized spacial score (nSPS) is 16.9. The van der Waals surface area contributed by atoms with Gasteiger partial charge >= 0.3 is 5.97 Å². The second-order valence-electron chi connectivity index (χ2n) is 9.78. The zero-order chi connectivity index (χ0) is 24.7. The maximum atomic E-state index is 13.3. The zero-order valence-corrected chi connectivity index (χ0v) is 21.0.